The minimum atomic E-state index is 0.662. The lowest BCUT2D eigenvalue weighted by atomic mass is 9.80. The summed E-state index contributed by atoms with van der Waals surface area (Å²) in [5, 5.41) is 0. The zero-order valence-corrected chi connectivity index (χ0v) is 13.4. The summed E-state index contributed by atoms with van der Waals surface area (Å²) < 4.78 is 3.42. The Bertz CT molecular complexity index is 590. The Hall–Kier alpha value is -0.780. The van der Waals surface area contributed by atoms with Crippen molar-refractivity contribution < 1.29 is 0 Å². The van der Waals surface area contributed by atoms with Gasteiger partial charge in [-0.1, -0.05) is 26.2 Å². The molecule has 2 N–H and O–H groups in total. The summed E-state index contributed by atoms with van der Waals surface area (Å²) in [6.07, 6.45) is 5.43. The highest BCUT2D eigenvalue weighted by Gasteiger charge is 2.23. The summed E-state index contributed by atoms with van der Waals surface area (Å²) in [7, 11) is 0. The Kier molecular flexibility index (Phi) is 3.69. The lowest BCUT2D eigenvalue weighted by molar-refractivity contribution is 0.231. The molecule has 1 aliphatic rings. The number of halogens is 1. The lowest BCUT2D eigenvalue weighted by Gasteiger charge is -2.29. The van der Waals surface area contributed by atoms with Crippen LogP contribution in [0.2, 0.25) is 0 Å². The molecule has 0 aliphatic heterocycles. The first-order valence-corrected chi connectivity index (χ1v) is 8.14. The first-order chi connectivity index (χ1) is 9.15. The molecular formula is C15H20IN3. The number of anilines is 1. The van der Waals surface area contributed by atoms with Gasteiger partial charge in [0.15, 0.2) is 0 Å². The van der Waals surface area contributed by atoms with Gasteiger partial charge in [0.25, 0.3) is 0 Å². The number of nitrogens with zero attached hydrogens (tertiary/aromatic N) is 2. The fourth-order valence-electron chi connectivity index (χ4n) is 3.21. The largest absolute Gasteiger partial charge is 0.369 e. The second-order valence-electron chi connectivity index (χ2n) is 5.74. The summed E-state index contributed by atoms with van der Waals surface area (Å²) in [5.41, 5.74) is 8.31. The molecule has 0 spiro atoms. The van der Waals surface area contributed by atoms with Crippen LogP contribution in [0.5, 0.6) is 0 Å². The van der Waals surface area contributed by atoms with E-state index in [1.54, 1.807) is 0 Å². The van der Waals surface area contributed by atoms with Crippen molar-refractivity contribution in [3.8, 4) is 0 Å². The Morgan fingerprint density at radius 1 is 1.37 bits per heavy atom. The van der Waals surface area contributed by atoms with Crippen LogP contribution in [0.25, 0.3) is 11.0 Å². The van der Waals surface area contributed by atoms with Crippen LogP contribution in [0.15, 0.2) is 18.2 Å². The van der Waals surface area contributed by atoms with Crippen LogP contribution in [0.3, 0.4) is 0 Å². The van der Waals surface area contributed by atoms with Crippen molar-refractivity contribution in [3.63, 3.8) is 0 Å². The Morgan fingerprint density at radius 3 is 2.95 bits per heavy atom. The van der Waals surface area contributed by atoms with E-state index in [9.17, 15) is 0 Å². The fraction of sp³-hybridized carbons (Fsp3) is 0.533. The predicted octanol–water partition coefficient (Wildman–Crippen LogP) is 4.05. The monoisotopic (exact) mass is 369 g/mol. The van der Waals surface area contributed by atoms with Crippen molar-refractivity contribution in [2.75, 3.05) is 5.73 Å². The third-order valence-corrected chi connectivity index (χ3v) is 5.12. The minimum absolute atomic E-state index is 0.662. The standard InChI is InChI=1S/C15H20IN3/c1-10-4-2-3-5-11(10)9-19-14-7-6-12(16)8-13(14)18-15(19)17/h6-8,10-11H,2-5,9H2,1H3,(H2,17,18). The zero-order valence-electron chi connectivity index (χ0n) is 11.3. The van der Waals surface area contributed by atoms with E-state index >= 15 is 0 Å². The Morgan fingerprint density at radius 2 is 2.16 bits per heavy atom. The molecule has 2 unspecified atom stereocenters. The summed E-state index contributed by atoms with van der Waals surface area (Å²) in [6, 6.07) is 6.38. The van der Waals surface area contributed by atoms with Crippen molar-refractivity contribution in [2.45, 2.75) is 39.2 Å². The van der Waals surface area contributed by atoms with Gasteiger partial charge in [0.2, 0.25) is 5.95 Å². The number of hydrogen-bond donors (Lipinski definition) is 1. The molecule has 102 valence electrons. The van der Waals surface area contributed by atoms with Crippen LogP contribution in [0.4, 0.5) is 5.95 Å². The van der Waals surface area contributed by atoms with E-state index in [-0.39, 0.29) is 0 Å². The Balaban J connectivity index is 1.93. The number of benzene rings is 1. The smallest absolute Gasteiger partial charge is 0.201 e. The number of rotatable bonds is 2. The van der Waals surface area contributed by atoms with Gasteiger partial charge in [-0.2, -0.15) is 0 Å². The maximum atomic E-state index is 6.12. The number of hydrogen-bond acceptors (Lipinski definition) is 2. The van der Waals surface area contributed by atoms with Crippen molar-refractivity contribution in [2.24, 2.45) is 11.8 Å². The molecule has 4 heteroatoms. The molecule has 0 saturated heterocycles. The van der Waals surface area contributed by atoms with Crippen molar-refractivity contribution in [1.29, 1.82) is 0 Å². The van der Waals surface area contributed by atoms with Crippen LogP contribution in [-0.2, 0) is 6.54 Å². The maximum absolute atomic E-state index is 6.12. The van der Waals surface area contributed by atoms with E-state index in [2.05, 4.69) is 57.3 Å². The molecule has 1 aromatic heterocycles. The highest BCUT2D eigenvalue weighted by atomic mass is 127. The second-order valence-corrected chi connectivity index (χ2v) is 6.98. The third kappa shape index (κ3) is 2.59. The quantitative estimate of drug-likeness (QED) is 0.812. The molecule has 2 aromatic rings. The van der Waals surface area contributed by atoms with Crippen molar-refractivity contribution in [3.05, 3.63) is 21.8 Å². The highest BCUT2D eigenvalue weighted by molar-refractivity contribution is 14.1. The van der Waals surface area contributed by atoms with Gasteiger partial charge in [-0.25, -0.2) is 4.98 Å². The first-order valence-electron chi connectivity index (χ1n) is 7.06. The van der Waals surface area contributed by atoms with Gasteiger partial charge in [0.1, 0.15) is 0 Å². The van der Waals surface area contributed by atoms with Gasteiger partial charge in [-0.3, -0.25) is 0 Å². The van der Waals surface area contributed by atoms with Crippen LogP contribution >= 0.6 is 22.6 Å². The van der Waals surface area contributed by atoms with E-state index in [4.69, 9.17) is 5.73 Å². The minimum Gasteiger partial charge on any atom is -0.369 e. The molecular weight excluding hydrogens is 349 g/mol. The van der Waals surface area contributed by atoms with E-state index < -0.39 is 0 Å². The maximum Gasteiger partial charge on any atom is 0.201 e. The van der Waals surface area contributed by atoms with Gasteiger partial charge in [0, 0.05) is 10.1 Å². The SMILES string of the molecule is CC1CCCCC1Cn1c(N)nc2cc(I)ccc21. The van der Waals surface area contributed by atoms with Gasteiger partial charge < -0.3 is 10.3 Å². The van der Waals surface area contributed by atoms with Gasteiger partial charge in [-0.15, -0.1) is 0 Å². The normalized spacial score (nSPS) is 23.9. The number of aromatic nitrogens is 2. The molecule has 1 aromatic carbocycles. The van der Waals surface area contributed by atoms with Crippen LogP contribution in [0.1, 0.15) is 32.6 Å². The van der Waals surface area contributed by atoms with Crippen molar-refractivity contribution in [1.82, 2.24) is 9.55 Å². The van der Waals surface area contributed by atoms with Crippen LogP contribution in [-0.4, -0.2) is 9.55 Å². The number of nitrogens with two attached hydrogens (primary N) is 1. The topological polar surface area (TPSA) is 43.8 Å². The molecule has 1 aliphatic carbocycles. The van der Waals surface area contributed by atoms with Crippen molar-refractivity contribution >= 4 is 39.6 Å². The summed E-state index contributed by atoms with van der Waals surface area (Å²) in [6.45, 7) is 3.40. The zero-order chi connectivity index (χ0) is 13.4. The van der Waals surface area contributed by atoms with Crippen LogP contribution in [0, 0.1) is 15.4 Å². The first kappa shape index (κ1) is 13.2. The van der Waals surface area contributed by atoms with E-state index in [1.807, 2.05) is 0 Å². The number of fused-ring (bicyclic) bond motifs is 1. The molecule has 1 fully saturated rings. The summed E-state index contributed by atoms with van der Waals surface area (Å²) >= 11 is 2.32. The molecule has 3 nitrogen and oxygen atoms in total. The van der Waals surface area contributed by atoms with Crippen LogP contribution < -0.4 is 5.73 Å². The molecule has 1 heterocycles. The Labute approximate surface area is 127 Å². The van der Waals surface area contributed by atoms with Gasteiger partial charge in [0.05, 0.1) is 11.0 Å². The predicted molar refractivity (Wildman–Crippen MR) is 88.0 cm³/mol. The molecule has 1 saturated carbocycles. The van der Waals surface area contributed by atoms with E-state index in [1.165, 1.54) is 34.8 Å². The number of imidazole rings is 1. The molecule has 0 bridgehead atoms. The van der Waals surface area contributed by atoms with E-state index in [0.717, 1.165) is 23.9 Å². The molecule has 2 atom stereocenters. The molecule has 0 amide bonds. The third-order valence-electron chi connectivity index (χ3n) is 4.45. The molecule has 0 radical (unpaired) electrons. The van der Waals surface area contributed by atoms with Gasteiger partial charge >= 0.3 is 0 Å². The summed E-state index contributed by atoms with van der Waals surface area (Å²) in [4.78, 5) is 4.50. The second kappa shape index (κ2) is 5.31. The lowest BCUT2D eigenvalue weighted by Crippen LogP contribution is -2.22. The van der Waals surface area contributed by atoms with E-state index in [0.29, 0.717) is 5.95 Å². The van der Waals surface area contributed by atoms with Gasteiger partial charge in [-0.05, 0) is 59.0 Å². The molecule has 3 rings (SSSR count). The average Bonchev–Trinajstić information content (AvgIpc) is 2.68. The molecule has 19 heavy (non-hydrogen) atoms. The summed E-state index contributed by atoms with van der Waals surface area (Å²) in [5.74, 6) is 2.21. The fourth-order valence-corrected chi connectivity index (χ4v) is 3.69. The average molecular weight is 369 g/mol. The highest BCUT2D eigenvalue weighted by Crippen LogP contribution is 2.32. The number of nitrogen functional groups attached to an aromatic ring is 1.